The van der Waals surface area contributed by atoms with Gasteiger partial charge in [-0.15, -0.1) is 0 Å². The molecule has 2 amide bonds. The van der Waals surface area contributed by atoms with Crippen LogP contribution >= 0.6 is 0 Å². The zero-order valence-corrected chi connectivity index (χ0v) is 11.5. The molecule has 4 unspecified atom stereocenters. The summed E-state index contributed by atoms with van der Waals surface area (Å²) < 4.78 is 5.04. The van der Waals surface area contributed by atoms with Crippen LogP contribution in [0.5, 0.6) is 0 Å². The molecule has 4 atom stereocenters. The number of hydrogen-bond acceptors (Lipinski definition) is 5. The van der Waals surface area contributed by atoms with Crippen molar-refractivity contribution < 1.29 is 24.2 Å². The van der Waals surface area contributed by atoms with Crippen LogP contribution in [0.1, 0.15) is 5.56 Å². The quantitative estimate of drug-likeness (QED) is 0.472. The molecule has 1 aliphatic carbocycles. The van der Waals surface area contributed by atoms with E-state index in [-0.39, 0.29) is 6.54 Å². The van der Waals surface area contributed by atoms with Crippen molar-refractivity contribution in [3.8, 4) is 0 Å². The van der Waals surface area contributed by atoms with E-state index in [9.17, 15) is 19.5 Å². The second kappa shape index (κ2) is 4.27. The van der Waals surface area contributed by atoms with Crippen molar-refractivity contribution in [1.82, 2.24) is 4.90 Å². The van der Waals surface area contributed by atoms with Crippen molar-refractivity contribution in [2.75, 3.05) is 0 Å². The van der Waals surface area contributed by atoms with Crippen LogP contribution in [0, 0.1) is 11.8 Å². The van der Waals surface area contributed by atoms with E-state index in [0.29, 0.717) is 0 Å². The average Bonchev–Trinajstić information content (AvgIpc) is 2.77. The summed E-state index contributed by atoms with van der Waals surface area (Å²) in [5.41, 5.74) is -1.22. The molecule has 0 radical (unpaired) electrons. The monoisotopic (exact) mass is 299 g/mol. The first-order valence-corrected chi connectivity index (χ1v) is 7.04. The van der Waals surface area contributed by atoms with Gasteiger partial charge in [0.2, 0.25) is 11.8 Å². The van der Waals surface area contributed by atoms with Crippen molar-refractivity contribution in [1.29, 1.82) is 0 Å². The zero-order valence-electron chi connectivity index (χ0n) is 11.5. The SMILES string of the molecule is O=C1C2C3C=CC(O)(C(=O)O3)C2C(=O)N1Cc1ccccc1. The van der Waals surface area contributed by atoms with E-state index in [1.54, 1.807) is 0 Å². The van der Waals surface area contributed by atoms with E-state index in [2.05, 4.69) is 0 Å². The minimum atomic E-state index is -2.03. The summed E-state index contributed by atoms with van der Waals surface area (Å²) in [6, 6.07) is 9.10. The molecular formula is C16H13NO5. The molecule has 0 saturated carbocycles. The lowest BCUT2D eigenvalue weighted by Gasteiger charge is -2.42. The van der Waals surface area contributed by atoms with Crippen LogP contribution in [0.3, 0.4) is 0 Å². The van der Waals surface area contributed by atoms with Crippen LogP contribution < -0.4 is 0 Å². The van der Waals surface area contributed by atoms with Gasteiger partial charge in [0, 0.05) is 0 Å². The largest absolute Gasteiger partial charge is 0.455 e. The van der Waals surface area contributed by atoms with Crippen molar-refractivity contribution >= 4 is 17.8 Å². The number of hydrogen-bond donors (Lipinski definition) is 1. The molecule has 6 heteroatoms. The molecule has 2 saturated heterocycles. The van der Waals surface area contributed by atoms with Gasteiger partial charge in [-0.3, -0.25) is 14.5 Å². The van der Waals surface area contributed by atoms with E-state index in [1.807, 2.05) is 30.3 Å². The molecule has 1 aromatic carbocycles. The maximum Gasteiger partial charge on any atom is 0.343 e. The number of amides is 2. The summed E-state index contributed by atoms with van der Waals surface area (Å²) in [6.45, 7) is 0.127. The second-order valence-corrected chi connectivity index (χ2v) is 5.81. The number of carbonyl (C=O) groups is 3. The highest BCUT2D eigenvalue weighted by Gasteiger charge is 2.67. The smallest absolute Gasteiger partial charge is 0.343 e. The number of carbonyl (C=O) groups excluding carboxylic acids is 3. The Hall–Kier alpha value is -2.47. The van der Waals surface area contributed by atoms with Gasteiger partial charge >= 0.3 is 5.97 Å². The van der Waals surface area contributed by atoms with E-state index in [4.69, 9.17) is 4.74 Å². The van der Waals surface area contributed by atoms with Gasteiger partial charge in [-0.2, -0.15) is 0 Å². The van der Waals surface area contributed by atoms with Gasteiger partial charge in [-0.05, 0) is 17.7 Å². The van der Waals surface area contributed by atoms with Gasteiger partial charge in [0.25, 0.3) is 0 Å². The highest BCUT2D eigenvalue weighted by molar-refractivity contribution is 6.10. The van der Waals surface area contributed by atoms with Gasteiger partial charge in [-0.25, -0.2) is 4.79 Å². The van der Waals surface area contributed by atoms with Crippen molar-refractivity contribution in [3.63, 3.8) is 0 Å². The summed E-state index contributed by atoms with van der Waals surface area (Å²) in [6.07, 6.45) is 1.99. The van der Waals surface area contributed by atoms with Gasteiger partial charge in [0.05, 0.1) is 18.4 Å². The van der Waals surface area contributed by atoms with Crippen LogP contribution in [0.4, 0.5) is 0 Å². The molecular weight excluding hydrogens is 286 g/mol. The summed E-state index contributed by atoms with van der Waals surface area (Å²) in [5.74, 6) is -3.70. The molecule has 3 aliphatic heterocycles. The molecule has 0 spiro atoms. The van der Waals surface area contributed by atoms with Crippen LogP contribution in [0.2, 0.25) is 0 Å². The Morgan fingerprint density at radius 1 is 1.14 bits per heavy atom. The predicted octanol–water partition coefficient (Wildman–Crippen LogP) is 0.0141. The lowest BCUT2D eigenvalue weighted by molar-refractivity contribution is -0.192. The maximum atomic E-state index is 12.6. The first kappa shape index (κ1) is 13.2. The normalized spacial score (nSPS) is 35.8. The van der Waals surface area contributed by atoms with Crippen molar-refractivity contribution in [2.24, 2.45) is 11.8 Å². The third-order valence-corrected chi connectivity index (χ3v) is 4.56. The number of aliphatic hydroxyl groups is 1. The van der Waals surface area contributed by atoms with Gasteiger partial charge in [0.1, 0.15) is 6.10 Å². The molecule has 2 fully saturated rings. The molecule has 1 N–H and O–H groups in total. The Bertz CT molecular complexity index is 713. The Balaban J connectivity index is 1.71. The predicted molar refractivity (Wildman–Crippen MR) is 72.9 cm³/mol. The number of imide groups is 1. The molecule has 1 aromatic rings. The Morgan fingerprint density at radius 3 is 2.55 bits per heavy atom. The van der Waals surface area contributed by atoms with Crippen molar-refractivity contribution in [2.45, 2.75) is 18.2 Å². The molecule has 3 heterocycles. The third kappa shape index (κ3) is 1.55. The molecule has 112 valence electrons. The van der Waals surface area contributed by atoms with E-state index < -0.39 is 41.3 Å². The minimum Gasteiger partial charge on any atom is -0.455 e. The molecule has 5 rings (SSSR count). The Labute approximate surface area is 126 Å². The van der Waals surface area contributed by atoms with Gasteiger partial charge < -0.3 is 9.84 Å². The van der Waals surface area contributed by atoms with E-state index in [1.165, 1.54) is 12.2 Å². The number of esters is 1. The Kier molecular flexibility index (Phi) is 2.56. The fraction of sp³-hybridized carbons (Fsp3) is 0.312. The first-order chi connectivity index (χ1) is 10.5. The number of benzene rings is 1. The van der Waals surface area contributed by atoms with Crippen LogP contribution in [0.25, 0.3) is 0 Å². The molecule has 22 heavy (non-hydrogen) atoms. The second-order valence-electron chi connectivity index (χ2n) is 5.81. The maximum absolute atomic E-state index is 12.6. The summed E-state index contributed by atoms with van der Waals surface area (Å²) in [5, 5.41) is 10.5. The molecule has 0 aromatic heterocycles. The lowest BCUT2D eigenvalue weighted by Crippen LogP contribution is -2.60. The number of likely N-dealkylation sites (tertiary alicyclic amines) is 1. The van der Waals surface area contributed by atoms with Gasteiger partial charge in [-0.1, -0.05) is 30.3 Å². The third-order valence-electron chi connectivity index (χ3n) is 4.56. The summed E-state index contributed by atoms with van der Waals surface area (Å²) in [4.78, 5) is 38.1. The zero-order chi connectivity index (χ0) is 15.5. The molecule has 4 aliphatic rings. The molecule has 6 nitrogen and oxygen atoms in total. The number of ether oxygens (including phenoxy) is 1. The summed E-state index contributed by atoms with van der Waals surface area (Å²) >= 11 is 0. The minimum absolute atomic E-state index is 0.127. The standard InChI is InChI=1S/C16H13NO5/c18-13-11-10-6-7-16(21,15(20)22-10)12(11)14(19)17(13)8-9-4-2-1-3-5-9/h1-7,10-12,21H,8H2. The van der Waals surface area contributed by atoms with Gasteiger partial charge in [0.15, 0.2) is 5.60 Å². The highest BCUT2D eigenvalue weighted by Crippen LogP contribution is 2.47. The average molecular weight is 299 g/mol. The number of rotatable bonds is 2. The fourth-order valence-electron chi connectivity index (χ4n) is 3.46. The van der Waals surface area contributed by atoms with E-state index in [0.717, 1.165) is 10.5 Å². The highest BCUT2D eigenvalue weighted by atomic mass is 16.6. The van der Waals surface area contributed by atoms with Crippen LogP contribution in [0.15, 0.2) is 42.5 Å². The lowest BCUT2D eigenvalue weighted by atomic mass is 9.70. The Morgan fingerprint density at radius 2 is 1.86 bits per heavy atom. The van der Waals surface area contributed by atoms with E-state index >= 15 is 0 Å². The fourth-order valence-corrected chi connectivity index (χ4v) is 3.46. The topological polar surface area (TPSA) is 83.9 Å². The van der Waals surface area contributed by atoms with Crippen molar-refractivity contribution in [3.05, 3.63) is 48.0 Å². The first-order valence-electron chi connectivity index (χ1n) is 7.04. The molecule has 2 bridgehead atoms. The van der Waals surface area contributed by atoms with Crippen LogP contribution in [-0.2, 0) is 25.7 Å². The van der Waals surface area contributed by atoms with Crippen LogP contribution in [-0.4, -0.2) is 39.5 Å². The number of nitrogens with zero attached hydrogens (tertiary/aromatic N) is 1. The summed E-state index contributed by atoms with van der Waals surface area (Å²) in [7, 11) is 0. The number of fused-ring (bicyclic) bond motifs is 1.